The summed E-state index contributed by atoms with van der Waals surface area (Å²) in [4.78, 5) is 7.81. The highest BCUT2D eigenvalue weighted by molar-refractivity contribution is 7.90. The minimum absolute atomic E-state index is 0.0424. The SMILES string of the molecule is CC(CS(C)(=O)=O)Nc1ncc(N)cn1. The van der Waals surface area contributed by atoms with Gasteiger partial charge in [0.05, 0.1) is 23.8 Å². The van der Waals surface area contributed by atoms with E-state index in [4.69, 9.17) is 5.73 Å². The van der Waals surface area contributed by atoms with Crippen molar-refractivity contribution in [1.29, 1.82) is 0 Å². The van der Waals surface area contributed by atoms with E-state index >= 15 is 0 Å². The summed E-state index contributed by atoms with van der Waals surface area (Å²) < 4.78 is 22.0. The lowest BCUT2D eigenvalue weighted by atomic mass is 10.4. The number of hydrogen-bond acceptors (Lipinski definition) is 6. The van der Waals surface area contributed by atoms with Crippen molar-refractivity contribution < 1.29 is 8.42 Å². The van der Waals surface area contributed by atoms with Crippen LogP contribution in [0.2, 0.25) is 0 Å². The van der Waals surface area contributed by atoms with Gasteiger partial charge in [-0.3, -0.25) is 0 Å². The third-order valence-electron chi connectivity index (χ3n) is 1.60. The first-order valence-corrected chi connectivity index (χ1v) is 6.44. The maximum atomic E-state index is 11.0. The van der Waals surface area contributed by atoms with E-state index in [-0.39, 0.29) is 11.8 Å². The number of nitrogens with one attached hydrogen (secondary N) is 1. The number of sulfone groups is 1. The molecule has 1 aromatic heterocycles. The Hall–Kier alpha value is -1.37. The molecule has 6 nitrogen and oxygen atoms in total. The molecule has 3 N–H and O–H groups in total. The van der Waals surface area contributed by atoms with E-state index in [1.54, 1.807) is 6.92 Å². The van der Waals surface area contributed by atoms with Gasteiger partial charge in [-0.2, -0.15) is 0 Å². The number of hydrogen-bond donors (Lipinski definition) is 2. The Morgan fingerprint density at radius 1 is 1.47 bits per heavy atom. The first-order chi connectivity index (χ1) is 6.87. The fraction of sp³-hybridized carbons (Fsp3) is 0.500. The zero-order chi connectivity index (χ0) is 11.5. The summed E-state index contributed by atoms with van der Waals surface area (Å²) in [5.41, 5.74) is 5.88. The van der Waals surface area contributed by atoms with Gasteiger partial charge in [-0.15, -0.1) is 0 Å². The number of aromatic nitrogens is 2. The highest BCUT2D eigenvalue weighted by Gasteiger charge is 2.10. The third-order valence-corrected chi connectivity index (χ3v) is 2.71. The molecule has 0 aromatic carbocycles. The number of nitrogens with zero attached hydrogens (tertiary/aromatic N) is 2. The molecule has 84 valence electrons. The minimum atomic E-state index is -2.99. The average molecular weight is 230 g/mol. The van der Waals surface area contributed by atoms with E-state index in [1.807, 2.05) is 0 Å². The van der Waals surface area contributed by atoms with Gasteiger partial charge in [0.15, 0.2) is 0 Å². The summed E-state index contributed by atoms with van der Waals surface area (Å²) in [6.07, 6.45) is 4.11. The number of rotatable bonds is 4. The van der Waals surface area contributed by atoms with Crippen LogP contribution in [-0.4, -0.2) is 36.4 Å². The Morgan fingerprint density at radius 2 is 2.00 bits per heavy atom. The molecular formula is C8H14N4O2S. The fourth-order valence-electron chi connectivity index (χ4n) is 1.13. The molecule has 0 amide bonds. The van der Waals surface area contributed by atoms with Crippen molar-refractivity contribution in [2.45, 2.75) is 13.0 Å². The van der Waals surface area contributed by atoms with Crippen molar-refractivity contribution in [3.63, 3.8) is 0 Å². The molecule has 1 aromatic rings. The van der Waals surface area contributed by atoms with Crippen molar-refractivity contribution in [2.75, 3.05) is 23.1 Å². The Bertz CT molecular complexity index is 415. The van der Waals surface area contributed by atoms with Gasteiger partial charge in [-0.05, 0) is 6.92 Å². The van der Waals surface area contributed by atoms with Crippen LogP contribution >= 0.6 is 0 Å². The van der Waals surface area contributed by atoms with Crippen LogP contribution in [0.15, 0.2) is 12.4 Å². The zero-order valence-corrected chi connectivity index (χ0v) is 9.45. The minimum Gasteiger partial charge on any atom is -0.396 e. The molecule has 7 heteroatoms. The van der Waals surface area contributed by atoms with Gasteiger partial charge in [-0.1, -0.05) is 0 Å². The first-order valence-electron chi connectivity index (χ1n) is 4.38. The largest absolute Gasteiger partial charge is 0.396 e. The van der Waals surface area contributed by atoms with Crippen molar-refractivity contribution in [2.24, 2.45) is 0 Å². The van der Waals surface area contributed by atoms with E-state index in [2.05, 4.69) is 15.3 Å². The van der Waals surface area contributed by atoms with Crippen molar-refractivity contribution in [3.05, 3.63) is 12.4 Å². The molecule has 0 bridgehead atoms. The topological polar surface area (TPSA) is 98.0 Å². The fourth-order valence-corrected chi connectivity index (χ4v) is 2.12. The molecule has 0 aliphatic heterocycles. The van der Waals surface area contributed by atoms with Gasteiger partial charge in [0.1, 0.15) is 9.84 Å². The van der Waals surface area contributed by atoms with E-state index in [1.165, 1.54) is 18.6 Å². The second-order valence-electron chi connectivity index (χ2n) is 3.48. The Balaban J connectivity index is 2.59. The lowest BCUT2D eigenvalue weighted by Crippen LogP contribution is -2.25. The normalized spacial score (nSPS) is 13.5. The Kier molecular flexibility index (Phi) is 3.46. The van der Waals surface area contributed by atoms with E-state index in [0.29, 0.717) is 11.6 Å². The summed E-state index contributed by atoms with van der Waals surface area (Å²) in [7, 11) is -2.99. The second-order valence-corrected chi connectivity index (χ2v) is 5.66. The molecule has 0 aliphatic rings. The predicted molar refractivity (Wildman–Crippen MR) is 59.2 cm³/mol. The Labute approximate surface area is 88.8 Å². The summed E-state index contributed by atoms with van der Waals surface area (Å²) in [5.74, 6) is 0.418. The van der Waals surface area contributed by atoms with Gasteiger partial charge < -0.3 is 11.1 Å². The van der Waals surface area contributed by atoms with Crippen LogP contribution in [0.3, 0.4) is 0 Å². The molecule has 0 saturated heterocycles. The summed E-state index contributed by atoms with van der Waals surface area (Å²) in [6, 6.07) is -0.233. The van der Waals surface area contributed by atoms with Crippen LogP contribution < -0.4 is 11.1 Å². The van der Waals surface area contributed by atoms with Gasteiger partial charge >= 0.3 is 0 Å². The van der Waals surface area contributed by atoms with Crippen LogP contribution in [-0.2, 0) is 9.84 Å². The van der Waals surface area contributed by atoms with Gasteiger partial charge in [0.2, 0.25) is 5.95 Å². The number of nitrogen functional groups attached to an aromatic ring is 1. The molecule has 0 saturated carbocycles. The van der Waals surface area contributed by atoms with E-state index < -0.39 is 9.84 Å². The molecular weight excluding hydrogens is 216 g/mol. The predicted octanol–water partition coefficient (Wildman–Crippen LogP) is -0.0962. The molecule has 0 fully saturated rings. The van der Waals surface area contributed by atoms with Gasteiger partial charge in [0, 0.05) is 12.3 Å². The lowest BCUT2D eigenvalue weighted by molar-refractivity contribution is 0.597. The third kappa shape index (κ3) is 4.59. The van der Waals surface area contributed by atoms with E-state index in [0.717, 1.165) is 0 Å². The van der Waals surface area contributed by atoms with Crippen molar-refractivity contribution >= 4 is 21.5 Å². The van der Waals surface area contributed by atoms with Crippen LogP contribution in [0.25, 0.3) is 0 Å². The maximum absolute atomic E-state index is 11.0. The molecule has 1 atom stereocenters. The second kappa shape index (κ2) is 4.43. The summed E-state index contributed by atoms with van der Waals surface area (Å²) in [6.45, 7) is 1.75. The number of nitrogens with two attached hydrogens (primary N) is 1. The molecule has 1 rings (SSSR count). The maximum Gasteiger partial charge on any atom is 0.222 e. The van der Waals surface area contributed by atoms with Crippen LogP contribution in [0.4, 0.5) is 11.6 Å². The summed E-state index contributed by atoms with van der Waals surface area (Å²) in [5, 5.41) is 2.87. The van der Waals surface area contributed by atoms with Crippen LogP contribution in [0.1, 0.15) is 6.92 Å². The molecule has 15 heavy (non-hydrogen) atoms. The molecule has 1 unspecified atom stereocenters. The van der Waals surface area contributed by atoms with E-state index in [9.17, 15) is 8.42 Å². The standard InChI is InChI=1S/C8H14N4O2S/c1-6(5-15(2,13)14)12-8-10-3-7(9)4-11-8/h3-4,6H,5,9H2,1-2H3,(H,10,11,12). The van der Waals surface area contributed by atoms with Crippen LogP contribution in [0.5, 0.6) is 0 Å². The van der Waals surface area contributed by atoms with Crippen LogP contribution in [0, 0.1) is 0 Å². The highest BCUT2D eigenvalue weighted by Crippen LogP contribution is 2.03. The first kappa shape index (κ1) is 11.7. The monoisotopic (exact) mass is 230 g/mol. The molecule has 0 aliphatic carbocycles. The smallest absolute Gasteiger partial charge is 0.222 e. The van der Waals surface area contributed by atoms with Crippen molar-refractivity contribution in [3.8, 4) is 0 Å². The zero-order valence-electron chi connectivity index (χ0n) is 8.64. The van der Waals surface area contributed by atoms with Gasteiger partial charge in [-0.25, -0.2) is 18.4 Å². The number of anilines is 2. The molecule has 0 spiro atoms. The van der Waals surface area contributed by atoms with Crippen molar-refractivity contribution in [1.82, 2.24) is 9.97 Å². The average Bonchev–Trinajstić information content (AvgIpc) is 2.05. The van der Waals surface area contributed by atoms with Gasteiger partial charge in [0.25, 0.3) is 0 Å². The summed E-state index contributed by atoms with van der Waals surface area (Å²) >= 11 is 0. The molecule has 1 heterocycles. The quantitative estimate of drug-likeness (QED) is 0.749. The highest BCUT2D eigenvalue weighted by atomic mass is 32.2. The Morgan fingerprint density at radius 3 is 2.47 bits per heavy atom. The lowest BCUT2D eigenvalue weighted by Gasteiger charge is -2.11. The molecule has 0 radical (unpaired) electrons.